The minimum Gasteiger partial charge on any atom is -0.399 e. The molecule has 0 atom stereocenters. The highest BCUT2D eigenvalue weighted by atomic mass is 32.2. The van der Waals surface area contributed by atoms with Gasteiger partial charge in [0.05, 0.1) is 11.3 Å². The van der Waals surface area contributed by atoms with Crippen molar-refractivity contribution in [2.75, 3.05) is 23.3 Å². The van der Waals surface area contributed by atoms with Crippen LogP contribution in [0, 0.1) is 0 Å². The normalized spacial score (nSPS) is 11.2. The van der Waals surface area contributed by atoms with Crippen molar-refractivity contribution in [3.63, 3.8) is 0 Å². The number of primary amides is 1. The molecule has 1 rings (SSSR count). The molecule has 0 aliphatic rings. The smallest absolute Gasteiger partial charge is 0.250 e. The van der Waals surface area contributed by atoms with E-state index in [4.69, 9.17) is 16.6 Å². The summed E-state index contributed by atoms with van der Waals surface area (Å²) in [7, 11) is -3.46. The summed E-state index contributed by atoms with van der Waals surface area (Å²) in [6.07, 6.45) is 0.335. The van der Waals surface area contributed by atoms with Crippen LogP contribution in [0.1, 0.15) is 16.8 Å². The molecule has 1 aromatic rings. The van der Waals surface area contributed by atoms with Gasteiger partial charge in [-0.1, -0.05) is 0 Å². The number of benzene rings is 1. The number of nitrogens with two attached hydrogens (primary N) is 3. The lowest BCUT2D eigenvalue weighted by Crippen LogP contribution is -2.20. The molecule has 7 N–H and O–H groups in total. The van der Waals surface area contributed by atoms with Crippen molar-refractivity contribution in [1.29, 1.82) is 0 Å². The predicted octanol–water partition coefficient (Wildman–Crippen LogP) is -0.542. The predicted molar refractivity (Wildman–Crippen MR) is 70.5 cm³/mol. The average molecular weight is 272 g/mol. The van der Waals surface area contributed by atoms with Crippen molar-refractivity contribution >= 4 is 27.3 Å². The Morgan fingerprint density at radius 1 is 1.33 bits per heavy atom. The van der Waals surface area contributed by atoms with Crippen molar-refractivity contribution in [1.82, 2.24) is 0 Å². The van der Waals surface area contributed by atoms with E-state index in [2.05, 4.69) is 5.32 Å². The summed E-state index contributed by atoms with van der Waals surface area (Å²) in [5, 5.41) is 7.78. The highest BCUT2D eigenvalue weighted by molar-refractivity contribution is 7.89. The summed E-state index contributed by atoms with van der Waals surface area (Å²) in [4.78, 5) is 11.2. The van der Waals surface area contributed by atoms with Gasteiger partial charge in [0.25, 0.3) is 5.91 Å². The van der Waals surface area contributed by atoms with Crippen LogP contribution in [0.25, 0.3) is 0 Å². The van der Waals surface area contributed by atoms with E-state index in [1.54, 1.807) is 12.1 Å². The Hall–Kier alpha value is -1.80. The second-order valence-corrected chi connectivity index (χ2v) is 5.55. The lowest BCUT2D eigenvalue weighted by atomic mass is 10.1. The number of sulfonamides is 1. The van der Waals surface area contributed by atoms with Crippen LogP contribution >= 0.6 is 0 Å². The molecular formula is C10H16N4O3S. The van der Waals surface area contributed by atoms with Gasteiger partial charge in [-0.2, -0.15) is 0 Å². The third-order valence-corrected chi connectivity index (χ3v) is 3.09. The van der Waals surface area contributed by atoms with Gasteiger partial charge in [-0.3, -0.25) is 4.79 Å². The number of rotatable bonds is 6. The summed E-state index contributed by atoms with van der Waals surface area (Å²) in [5.74, 6) is -0.725. The van der Waals surface area contributed by atoms with Crippen LogP contribution in [-0.2, 0) is 10.0 Å². The summed E-state index contributed by atoms with van der Waals surface area (Å²) in [6.45, 7) is 0.362. The number of amides is 1. The molecule has 0 saturated carbocycles. The zero-order chi connectivity index (χ0) is 13.8. The molecule has 0 bridgehead atoms. The van der Waals surface area contributed by atoms with E-state index < -0.39 is 15.9 Å². The number of carbonyl (C=O) groups is 1. The second kappa shape index (κ2) is 5.69. The van der Waals surface area contributed by atoms with Gasteiger partial charge in [-0.25, -0.2) is 13.6 Å². The molecule has 7 nitrogen and oxygen atoms in total. The molecule has 18 heavy (non-hydrogen) atoms. The van der Waals surface area contributed by atoms with Crippen LogP contribution < -0.4 is 21.9 Å². The van der Waals surface area contributed by atoms with Gasteiger partial charge in [-0.05, 0) is 24.6 Å². The number of nitrogens with one attached hydrogen (secondary N) is 1. The summed E-state index contributed by atoms with van der Waals surface area (Å²) in [6, 6.07) is 4.70. The average Bonchev–Trinajstić information content (AvgIpc) is 2.24. The number of anilines is 2. The Labute approximate surface area is 105 Å². The van der Waals surface area contributed by atoms with Gasteiger partial charge < -0.3 is 16.8 Å². The molecule has 1 amide bonds. The number of primary sulfonamides is 1. The van der Waals surface area contributed by atoms with E-state index in [1.165, 1.54) is 6.07 Å². The Kier molecular flexibility index (Phi) is 4.51. The van der Waals surface area contributed by atoms with Crippen molar-refractivity contribution in [3.05, 3.63) is 23.8 Å². The standard InChI is InChI=1S/C10H16N4O3S/c11-7-2-3-9(8(6-7)10(12)15)14-4-1-5-18(13,16)17/h2-3,6,14H,1,4-5,11H2,(H2,12,15)(H2,13,16,17). The number of nitrogen functional groups attached to an aromatic ring is 1. The van der Waals surface area contributed by atoms with E-state index in [-0.39, 0.29) is 11.3 Å². The lowest BCUT2D eigenvalue weighted by molar-refractivity contribution is 0.100. The molecule has 0 aliphatic carbocycles. The minimum atomic E-state index is -3.46. The van der Waals surface area contributed by atoms with Gasteiger partial charge in [-0.15, -0.1) is 0 Å². The second-order valence-electron chi connectivity index (χ2n) is 3.82. The molecule has 0 fully saturated rings. The minimum absolute atomic E-state index is 0.124. The molecule has 8 heteroatoms. The van der Waals surface area contributed by atoms with E-state index >= 15 is 0 Å². The zero-order valence-electron chi connectivity index (χ0n) is 9.72. The molecule has 0 saturated heterocycles. The van der Waals surface area contributed by atoms with Crippen LogP contribution in [-0.4, -0.2) is 26.6 Å². The fraction of sp³-hybridized carbons (Fsp3) is 0.300. The topological polar surface area (TPSA) is 141 Å². The monoisotopic (exact) mass is 272 g/mol. The Balaban J connectivity index is 2.65. The van der Waals surface area contributed by atoms with Gasteiger partial charge in [0.2, 0.25) is 10.0 Å². The number of carbonyl (C=O) groups excluding carboxylic acids is 1. The van der Waals surface area contributed by atoms with Crippen LogP contribution in [0.3, 0.4) is 0 Å². The third kappa shape index (κ3) is 4.60. The zero-order valence-corrected chi connectivity index (χ0v) is 10.5. The molecular weight excluding hydrogens is 256 g/mol. The molecule has 100 valence electrons. The Bertz CT molecular complexity index is 542. The molecule has 0 heterocycles. The fourth-order valence-corrected chi connectivity index (χ4v) is 1.96. The van der Waals surface area contributed by atoms with Gasteiger partial charge in [0.1, 0.15) is 0 Å². The number of hydrogen-bond donors (Lipinski definition) is 4. The van der Waals surface area contributed by atoms with Gasteiger partial charge >= 0.3 is 0 Å². The molecule has 0 radical (unpaired) electrons. The van der Waals surface area contributed by atoms with Crippen molar-refractivity contribution < 1.29 is 13.2 Å². The van der Waals surface area contributed by atoms with Crippen molar-refractivity contribution in [2.24, 2.45) is 10.9 Å². The first-order chi connectivity index (χ1) is 8.29. The Morgan fingerprint density at radius 3 is 2.56 bits per heavy atom. The van der Waals surface area contributed by atoms with Crippen LogP contribution in [0.15, 0.2) is 18.2 Å². The van der Waals surface area contributed by atoms with E-state index in [9.17, 15) is 13.2 Å². The van der Waals surface area contributed by atoms with Crippen LogP contribution in [0.4, 0.5) is 11.4 Å². The maximum Gasteiger partial charge on any atom is 0.250 e. The Morgan fingerprint density at radius 2 is 2.00 bits per heavy atom. The first kappa shape index (κ1) is 14.3. The summed E-state index contributed by atoms with van der Waals surface area (Å²) < 4.78 is 21.4. The highest BCUT2D eigenvalue weighted by Crippen LogP contribution is 2.18. The summed E-state index contributed by atoms with van der Waals surface area (Å²) >= 11 is 0. The fourth-order valence-electron chi connectivity index (χ4n) is 1.42. The van der Waals surface area contributed by atoms with Gasteiger partial charge in [0.15, 0.2) is 0 Å². The largest absolute Gasteiger partial charge is 0.399 e. The lowest BCUT2D eigenvalue weighted by Gasteiger charge is -2.10. The molecule has 0 aliphatic heterocycles. The van der Waals surface area contributed by atoms with E-state index in [1.807, 2.05) is 0 Å². The third-order valence-electron chi connectivity index (χ3n) is 2.23. The maximum atomic E-state index is 11.2. The maximum absolute atomic E-state index is 11.2. The highest BCUT2D eigenvalue weighted by Gasteiger charge is 2.08. The molecule has 0 unspecified atom stereocenters. The van der Waals surface area contributed by atoms with Crippen molar-refractivity contribution in [2.45, 2.75) is 6.42 Å². The van der Waals surface area contributed by atoms with Crippen LogP contribution in [0.2, 0.25) is 0 Å². The van der Waals surface area contributed by atoms with Crippen LogP contribution in [0.5, 0.6) is 0 Å². The molecule has 1 aromatic carbocycles. The van der Waals surface area contributed by atoms with E-state index in [0.29, 0.717) is 24.3 Å². The quantitative estimate of drug-likeness (QED) is 0.406. The molecule has 0 spiro atoms. The molecule has 0 aromatic heterocycles. The number of hydrogen-bond acceptors (Lipinski definition) is 5. The first-order valence-electron chi connectivity index (χ1n) is 5.23. The van der Waals surface area contributed by atoms with Gasteiger partial charge in [0, 0.05) is 17.9 Å². The summed E-state index contributed by atoms with van der Waals surface area (Å²) in [5.41, 5.74) is 12.0. The van der Waals surface area contributed by atoms with Crippen molar-refractivity contribution in [3.8, 4) is 0 Å². The first-order valence-corrected chi connectivity index (χ1v) is 6.95. The van der Waals surface area contributed by atoms with E-state index in [0.717, 1.165) is 0 Å². The SMILES string of the molecule is NC(=O)c1cc(N)ccc1NCCCS(N)(=O)=O.